The second-order valence-corrected chi connectivity index (χ2v) is 7.77. The van der Waals surface area contributed by atoms with E-state index in [0.717, 1.165) is 25.2 Å². The van der Waals surface area contributed by atoms with E-state index in [1.54, 1.807) is 18.2 Å². The molecular formula is C23H23FN4O2. The number of carbonyl (C=O) groups excluding carboxylic acids is 2. The first kappa shape index (κ1) is 20.0. The SMILES string of the molecule is N#Cc1ccc(CN2CCN(C(=O)[C@H]3CC(=O)N(c4ccccc4F)C3)CC2)cc1. The summed E-state index contributed by atoms with van der Waals surface area (Å²) >= 11 is 0. The highest BCUT2D eigenvalue weighted by molar-refractivity contribution is 6.00. The minimum absolute atomic E-state index is 0.0276. The number of benzene rings is 2. The third-order valence-electron chi connectivity index (χ3n) is 5.79. The Morgan fingerprint density at radius 3 is 2.43 bits per heavy atom. The predicted molar refractivity (Wildman–Crippen MR) is 110 cm³/mol. The van der Waals surface area contributed by atoms with E-state index in [2.05, 4.69) is 11.0 Å². The highest BCUT2D eigenvalue weighted by Gasteiger charge is 2.38. The van der Waals surface area contributed by atoms with Gasteiger partial charge in [0.15, 0.2) is 0 Å². The van der Waals surface area contributed by atoms with Crippen molar-refractivity contribution in [2.24, 2.45) is 5.92 Å². The van der Waals surface area contributed by atoms with Crippen LogP contribution in [0.4, 0.5) is 10.1 Å². The number of anilines is 1. The summed E-state index contributed by atoms with van der Waals surface area (Å²) in [5, 5.41) is 8.89. The summed E-state index contributed by atoms with van der Waals surface area (Å²) in [6, 6.07) is 15.8. The standard InChI is InChI=1S/C23H23FN4O2/c24-20-3-1-2-4-21(20)28-16-19(13-22(28)29)23(30)27-11-9-26(10-12-27)15-18-7-5-17(14-25)6-8-18/h1-8,19H,9-13,15-16H2/t19-/m0/s1. The van der Waals surface area contributed by atoms with Gasteiger partial charge >= 0.3 is 0 Å². The highest BCUT2D eigenvalue weighted by atomic mass is 19.1. The molecule has 2 saturated heterocycles. The Kier molecular flexibility index (Phi) is 5.77. The molecule has 30 heavy (non-hydrogen) atoms. The molecule has 2 heterocycles. The fourth-order valence-electron chi connectivity index (χ4n) is 4.10. The molecule has 4 rings (SSSR count). The second kappa shape index (κ2) is 8.64. The third kappa shape index (κ3) is 4.19. The van der Waals surface area contributed by atoms with Gasteiger partial charge in [0.2, 0.25) is 11.8 Å². The van der Waals surface area contributed by atoms with Crippen molar-refractivity contribution in [1.82, 2.24) is 9.80 Å². The molecule has 7 heteroatoms. The number of rotatable bonds is 4. The van der Waals surface area contributed by atoms with Crippen molar-refractivity contribution in [2.75, 3.05) is 37.6 Å². The largest absolute Gasteiger partial charge is 0.340 e. The van der Waals surface area contributed by atoms with Crippen molar-refractivity contribution in [3.63, 3.8) is 0 Å². The van der Waals surface area contributed by atoms with Crippen LogP contribution in [0.5, 0.6) is 0 Å². The topological polar surface area (TPSA) is 67.6 Å². The maximum atomic E-state index is 14.1. The third-order valence-corrected chi connectivity index (χ3v) is 5.79. The Hall–Kier alpha value is -3.24. The fourth-order valence-corrected chi connectivity index (χ4v) is 4.10. The molecule has 0 saturated carbocycles. The summed E-state index contributed by atoms with van der Waals surface area (Å²) in [5.74, 6) is -1.12. The fraction of sp³-hybridized carbons (Fsp3) is 0.348. The van der Waals surface area contributed by atoms with Crippen molar-refractivity contribution < 1.29 is 14.0 Å². The number of nitriles is 1. The highest BCUT2D eigenvalue weighted by Crippen LogP contribution is 2.28. The molecule has 2 fully saturated rings. The monoisotopic (exact) mass is 406 g/mol. The van der Waals surface area contributed by atoms with Crippen molar-refractivity contribution in [1.29, 1.82) is 5.26 Å². The van der Waals surface area contributed by atoms with Crippen LogP contribution in [0.1, 0.15) is 17.5 Å². The van der Waals surface area contributed by atoms with Crippen LogP contribution in [-0.4, -0.2) is 54.3 Å². The maximum Gasteiger partial charge on any atom is 0.228 e. The summed E-state index contributed by atoms with van der Waals surface area (Å²) in [7, 11) is 0. The van der Waals surface area contributed by atoms with Crippen LogP contribution >= 0.6 is 0 Å². The quantitative estimate of drug-likeness (QED) is 0.782. The molecule has 2 aromatic carbocycles. The van der Waals surface area contributed by atoms with Crippen LogP contribution in [0, 0.1) is 23.1 Å². The number of nitrogens with zero attached hydrogens (tertiary/aromatic N) is 4. The zero-order valence-corrected chi connectivity index (χ0v) is 16.6. The summed E-state index contributed by atoms with van der Waals surface area (Å²) < 4.78 is 14.1. The molecule has 2 aromatic rings. The predicted octanol–water partition coefficient (Wildman–Crippen LogP) is 2.39. The van der Waals surface area contributed by atoms with Crippen LogP contribution in [0.15, 0.2) is 48.5 Å². The van der Waals surface area contributed by atoms with Gasteiger partial charge < -0.3 is 9.80 Å². The number of piperazine rings is 1. The Morgan fingerprint density at radius 2 is 1.77 bits per heavy atom. The molecule has 2 amide bonds. The van der Waals surface area contributed by atoms with Gasteiger partial charge in [0.05, 0.1) is 23.2 Å². The molecule has 6 nitrogen and oxygen atoms in total. The number of hydrogen-bond acceptors (Lipinski definition) is 4. The van der Waals surface area contributed by atoms with Crippen LogP contribution in [0.2, 0.25) is 0 Å². The average Bonchev–Trinajstić information content (AvgIpc) is 3.16. The molecule has 0 unspecified atom stereocenters. The van der Waals surface area contributed by atoms with Crippen LogP contribution in [-0.2, 0) is 16.1 Å². The lowest BCUT2D eigenvalue weighted by atomic mass is 10.1. The van der Waals surface area contributed by atoms with E-state index in [9.17, 15) is 14.0 Å². The molecule has 2 aliphatic rings. The van der Waals surface area contributed by atoms with E-state index >= 15 is 0 Å². The van der Waals surface area contributed by atoms with Gasteiger partial charge in [0.1, 0.15) is 5.82 Å². The normalized spacial score (nSPS) is 19.7. The first-order valence-corrected chi connectivity index (χ1v) is 10.1. The Bertz CT molecular complexity index is 977. The van der Waals surface area contributed by atoms with E-state index in [-0.39, 0.29) is 30.5 Å². The molecule has 0 aromatic heterocycles. The van der Waals surface area contributed by atoms with Gasteiger partial charge in [0, 0.05) is 45.7 Å². The van der Waals surface area contributed by atoms with Crippen LogP contribution in [0.25, 0.3) is 0 Å². The summed E-state index contributed by atoms with van der Waals surface area (Å²) in [4.78, 5) is 30.8. The van der Waals surface area contributed by atoms with E-state index in [1.165, 1.54) is 11.0 Å². The lowest BCUT2D eigenvalue weighted by molar-refractivity contribution is -0.137. The van der Waals surface area contributed by atoms with Gasteiger partial charge in [-0.25, -0.2) is 4.39 Å². The molecule has 1 atom stereocenters. The maximum absolute atomic E-state index is 14.1. The van der Waals surface area contributed by atoms with Gasteiger partial charge in [-0.1, -0.05) is 24.3 Å². The first-order chi connectivity index (χ1) is 14.5. The number of para-hydroxylation sites is 1. The second-order valence-electron chi connectivity index (χ2n) is 7.77. The average molecular weight is 406 g/mol. The number of hydrogen-bond donors (Lipinski definition) is 0. The first-order valence-electron chi connectivity index (χ1n) is 10.1. The Balaban J connectivity index is 1.31. The van der Waals surface area contributed by atoms with Gasteiger partial charge in [-0.2, -0.15) is 5.26 Å². The zero-order chi connectivity index (χ0) is 21.1. The van der Waals surface area contributed by atoms with E-state index < -0.39 is 11.7 Å². The molecule has 2 aliphatic heterocycles. The molecular weight excluding hydrogens is 383 g/mol. The van der Waals surface area contributed by atoms with E-state index in [0.29, 0.717) is 18.7 Å². The minimum atomic E-state index is -0.449. The molecule has 0 spiro atoms. The lowest BCUT2D eigenvalue weighted by Crippen LogP contribution is -2.50. The summed E-state index contributed by atoms with van der Waals surface area (Å²) in [5.41, 5.74) is 2.02. The van der Waals surface area contributed by atoms with Gasteiger partial charge in [-0.3, -0.25) is 14.5 Å². The van der Waals surface area contributed by atoms with Crippen molar-refractivity contribution >= 4 is 17.5 Å². The number of halogens is 1. The molecule has 0 bridgehead atoms. The zero-order valence-electron chi connectivity index (χ0n) is 16.6. The smallest absolute Gasteiger partial charge is 0.228 e. The van der Waals surface area contributed by atoms with Crippen molar-refractivity contribution in [3.05, 3.63) is 65.5 Å². The minimum Gasteiger partial charge on any atom is -0.340 e. The molecule has 154 valence electrons. The van der Waals surface area contributed by atoms with Crippen LogP contribution in [0.3, 0.4) is 0 Å². The lowest BCUT2D eigenvalue weighted by Gasteiger charge is -2.36. The Morgan fingerprint density at radius 1 is 1.07 bits per heavy atom. The van der Waals surface area contributed by atoms with Crippen LogP contribution < -0.4 is 4.90 Å². The van der Waals surface area contributed by atoms with E-state index in [4.69, 9.17) is 5.26 Å². The van der Waals surface area contributed by atoms with Crippen molar-refractivity contribution in [3.8, 4) is 6.07 Å². The Labute approximate surface area is 175 Å². The summed E-state index contributed by atoms with van der Waals surface area (Å²) in [6.07, 6.45) is 0.124. The van der Waals surface area contributed by atoms with E-state index in [1.807, 2.05) is 29.2 Å². The molecule has 0 aliphatic carbocycles. The number of amides is 2. The van der Waals surface area contributed by atoms with Gasteiger partial charge in [0.25, 0.3) is 0 Å². The molecule has 0 N–H and O–H groups in total. The molecule has 0 radical (unpaired) electrons. The van der Waals surface area contributed by atoms with Crippen molar-refractivity contribution in [2.45, 2.75) is 13.0 Å². The van der Waals surface area contributed by atoms with Gasteiger partial charge in [-0.05, 0) is 29.8 Å². The van der Waals surface area contributed by atoms with Gasteiger partial charge in [-0.15, -0.1) is 0 Å². The number of carbonyl (C=O) groups is 2. The summed E-state index contributed by atoms with van der Waals surface area (Å²) in [6.45, 7) is 3.73.